The molecular weight excluding hydrogens is 541 g/mol. The monoisotopic (exact) mass is 569 g/mol. The van der Waals surface area contributed by atoms with Gasteiger partial charge in [-0.25, -0.2) is 19.5 Å². The summed E-state index contributed by atoms with van der Waals surface area (Å²) in [5.74, 6) is -1.60. The van der Waals surface area contributed by atoms with E-state index in [2.05, 4.69) is 19.5 Å². The minimum Gasteiger partial charge on any atom is -0.390 e. The molecule has 4 atom stereocenters. The van der Waals surface area contributed by atoms with E-state index in [1.54, 1.807) is 12.3 Å². The summed E-state index contributed by atoms with van der Waals surface area (Å²) in [6.07, 6.45) is 1.70. The fraction of sp³-hybridized carbons (Fsp3) is 0.296. The zero-order valence-corrected chi connectivity index (χ0v) is 22.3. The maximum absolute atomic E-state index is 14.3. The highest BCUT2D eigenvalue weighted by molar-refractivity contribution is 7.84. The third-order valence-corrected chi connectivity index (χ3v) is 7.51. The van der Waals surface area contributed by atoms with Gasteiger partial charge in [-0.3, -0.25) is 8.98 Å². The molecule has 1 aliphatic carbocycles. The van der Waals surface area contributed by atoms with Crippen molar-refractivity contribution in [1.29, 1.82) is 0 Å². The lowest BCUT2D eigenvalue weighted by Gasteiger charge is -2.19. The number of hydrogen-bond donors (Lipinski definition) is 4. The predicted molar refractivity (Wildman–Crippen MR) is 144 cm³/mol. The molecule has 0 amide bonds. The van der Waals surface area contributed by atoms with Crippen molar-refractivity contribution in [3.63, 3.8) is 0 Å². The number of rotatable bonds is 9. The van der Waals surface area contributed by atoms with Crippen LogP contribution in [0.3, 0.4) is 0 Å². The molecule has 0 saturated heterocycles. The summed E-state index contributed by atoms with van der Waals surface area (Å²) >= 11 is 0. The van der Waals surface area contributed by atoms with Crippen molar-refractivity contribution in [3.05, 3.63) is 89.3 Å². The summed E-state index contributed by atoms with van der Waals surface area (Å²) in [5.41, 5.74) is 3.09. The second kappa shape index (κ2) is 11.0. The molecule has 0 radical (unpaired) electrons. The van der Waals surface area contributed by atoms with Gasteiger partial charge in [0.2, 0.25) is 0 Å². The summed E-state index contributed by atoms with van der Waals surface area (Å²) in [4.78, 5) is 22.0. The van der Waals surface area contributed by atoms with Crippen LogP contribution in [0.5, 0.6) is 0 Å². The van der Waals surface area contributed by atoms with Crippen LogP contribution < -0.4 is 10.5 Å². The molecule has 1 fully saturated rings. The summed E-state index contributed by atoms with van der Waals surface area (Å²) < 4.78 is 43.1. The van der Waals surface area contributed by atoms with Crippen LogP contribution in [0.4, 0.5) is 10.2 Å². The molecule has 13 heteroatoms. The van der Waals surface area contributed by atoms with Crippen LogP contribution in [-0.2, 0) is 21.0 Å². The van der Waals surface area contributed by atoms with Gasteiger partial charge >= 0.3 is 10.3 Å². The van der Waals surface area contributed by atoms with E-state index in [1.165, 1.54) is 24.7 Å². The van der Waals surface area contributed by atoms with Crippen LogP contribution in [0.2, 0.25) is 0 Å². The standard InChI is InChI=1S/C27H28FN5O6S/c1-15-3-2-4-16(7-15)11-33-12-21(19-9-18(28)5-6-23(19)33)25(35)20-10-30-14-31-27(20)32-22-8-17(24(34)26(22)36)13-39-40(29,37)38/h2-7,9-10,12,14,17,22,24,26,34,36H,8,11,13H2,1H3,(H2,29,37,38)(H,30,31,32)/t17-,22-,24-,26+/m1/s1. The molecule has 4 aromatic rings. The molecule has 1 aliphatic rings. The number of nitrogens with one attached hydrogen (secondary N) is 1. The zero-order chi connectivity index (χ0) is 28.6. The number of aliphatic hydroxyl groups is 2. The average molecular weight is 570 g/mol. The van der Waals surface area contributed by atoms with Crippen LogP contribution in [0.1, 0.15) is 33.5 Å². The number of aromatic nitrogens is 3. The Morgan fingerprint density at radius 2 is 2.00 bits per heavy atom. The number of benzene rings is 2. The van der Waals surface area contributed by atoms with Gasteiger partial charge in [-0.2, -0.15) is 8.42 Å². The third-order valence-electron chi connectivity index (χ3n) is 7.05. The lowest BCUT2D eigenvalue weighted by Crippen LogP contribution is -2.36. The molecule has 210 valence electrons. The highest BCUT2D eigenvalue weighted by Gasteiger charge is 2.42. The summed E-state index contributed by atoms with van der Waals surface area (Å²) in [6, 6.07) is 11.4. The fourth-order valence-electron chi connectivity index (χ4n) is 5.13. The molecule has 2 aromatic carbocycles. The van der Waals surface area contributed by atoms with E-state index in [0.717, 1.165) is 11.1 Å². The predicted octanol–water partition coefficient (Wildman–Crippen LogP) is 1.90. The molecule has 40 heavy (non-hydrogen) atoms. The van der Waals surface area contributed by atoms with Gasteiger partial charge in [-0.05, 0) is 37.1 Å². The molecule has 1 saturated carbocycles. The van der Waals surface area contributed by atoms with Crippen molar-refractivity contribution < 1.29 is 32.0 Å². The Bertz CT molecular complexity index is 1680. The van der Waals surface area contributed by atoms with Crippen molar-refractivity contribution >= 4 is 32.8 Å². The lowest BCUT2D eigenvalue weighted by atomic mass is 10.0. The Kier molecular flexibility index (Phi) is 7.66. The number of ketones is 1. The van der Waals surface area contributed by atoms with E-state index in [4.69, 9.17) is 5.14 Å². The van der Waals surface area contributed by atoms with E-state index in [1.807, 2.05) is 35.8 Å². The number of halogens is 1. The van der Waals surface area contributed by atoms with Crippen LogP contribution in [-0.4, -0.2) is 63.8 Å². The van der Waals surface area contributed by atoms with Crippen LogP contribution in [0, 0.1) is 18.7 Å². The quantitative estimate of drug-likeness (QED) is 0.220. The first-order chi connectivity index (χ1) is 19.0. The van der Waals surface area contributed by atoms with Gasteiger partial charge in [-0.1, -0.05) is 29.8 Å². The Balaban J connectivity index is 1.45. The van der Waals surface area contributed by atoms with Crippen molar-refractivity contribution in [2.75, 3.05) is 11.9 Å². The van der Waals surface area contributed by atoms with Gasteiger partial charge in [0.25, 0.3) is 0 Å². The van der Waals surface area contributed by atoms with Crippen LogP contribution in [0.15, 0.2) is 61.2 Å². The number of carbonyl (C=O) groups excluding carboxylic acids is 1. The molecule has 0 aliphatic heterocycles. The zero-order valence-electron chi connectivity index (χ0n) is 21.4. The number of aliphatic hydroxyl groups excluding tert-OH is 2. The van der Waals surface area contributed by atoms with E-state index < -0.39 is 52.7 Å². The first-order valence-electron chi connectivity index (χ1n) is 12.5. The third kappa shape index (κ3) is 5.88. The maximum atomic E-state index is 14.3. The van der Waals surface area contributed by atoms with Crippen molar-refractivity contribution in [3.8, 4) is 0 Å². The molecule has 5 N–H and O–H groups in total. The molecule has 2 aromatic heterocycles. The number of hydrogen-bond acceptors (Lipinski definition) is 9. The number of nitrogens with zero attached hydrogens (tertiary/aromatic N) is 3. The van der Waals surface area contributed by atoms with Crippen molar-refractivity contribution in [2.24, 2.45) is 11.1 Å². The first-order valence-corrected chi connectivity index (χ1v) is 14.0. The van der Waals surface area contributed by atoms with Gasteiger partial charge in [0.15, 0.2) is 5.78 Å². The van der Waals surface area contributed by atoms with E-state index >= 15 is 0 Å². The number of nitrogens with two attached hydrogens (primary N) is 1. The molecular formula is C27H28FN5O6S. The highest BCUT2D eigenvalue weighted by atomic mass is 32.2. The topological polar surface area (TPSA) is 170 Å². The lowest BCUT2D eigenvalue weighted by molar-refractivity contribution is 0.00778. The van der Waals surface area contributed by atoms with Gasteiger partial charge in [0, 0.05) is 41.3 Å². The summed E-state index contributed by atoms with van der Waals surface area (Å²) in [7, 11) is -4.23. The highest BCUT2D eigenvalue weighted by Crippen LogP contribution is 2.32. The number of fused-ring (bicyclic) bond motifs is 1. The van der Waals surface area contributed by atoms with Gasteiger partial charge in [0.1, 0.15) is 24.1 Å². The fourth-order valence-corrected chi connectivity index (χ4v) is 5.50. The Morgan fingerprint density at radius 3 is 2.75 bits per heavy atom. The van der Waals surface area contributed by atoms with Gasteiger partial charge < -0.3 is 20.1 Å². The van der Waals surface area contributed by atoms with Crippen LogP contribution >= 0.6 is 0 Å². The average Bonchev–Trinajstić information content (AvgIpc) is 3.38. The maximum Gasteiger partial charge on any atom is 0.333 e. The van der Waals surface area contributed by atoms with E-state index in [9.17, 15) is 27.8 Å². The Morgan fingerprint density at radius 1 is 1.20 bits per heavy atom. The van der Waals surface area contributed by atoms with Gasteiger partial charge in [-0.15, -0.1) is 0 Å². The summed E-state index contributed by atoms with van der Waals surface area (Å²) in [5, 5.41) is 29.3. The Hall–Kier alpha value is -3.75. The largest absolute Gasteiger partial charge is 0.390 e. The van der Waals surface area contributed by atoms with E-state index in [-0.39, 0.29) is 23.4 Å². The normalized spacial score (nSPS) is 21.1. The molecule has 2 heterocycles. The van der Waals surface area contributed by atoms with Gasteiger partial charge in [0.05, 0.1) is 24.3 Å². The minimum atomic E-state index is -4.23. The van der Waals surface area contributed by atoms with Crippen molar-refractivity contribution in [2.45, 2.75) is 38.1 Å². The first kappa shape index (κ1) is 27.8. The number of carbonyl (C=O) groups is 1. The summed E-state index contributed by atoms with van der Waals surface area (Å²) in [6.45, 7) is 2.03. The minimum absolute atomic E-state index is 0.0762. The Labute approximate surface area is 229 Å². The molecule has 0 spiro atoms. The second-order valence-corrected chi connectivity index (χ2v) is 11.2. The van der Waals surface area contributed by atoms with E-state index in [0.29, 0.717) is 17.4 Å². The SMILES string of the molecule is Cc1cccc(Cn2cc(C(=O)c3cncnc3N[C@@H]3C[C@H](COS(N)(=O)=O)[C@@H](O)[C@H]3O)c3cc(F)ccc32)c1. The number of aryl methyl sites for hydroxylation is 1. The number of anilines is 1. The second-order valence-electron chi connectivity index (χ2n) is 9.94. The molecule has 0 bridgehead atoms. The van der Waals surface area contributed by atoms with Crippen molar-refractivity contribution in [1.82, 2.24) is 14.5 Å². The molecule has 11 nitrogen and oxygen atoms in total. The molecule has 5 rings (SSSR count). The van der Waals surface area contributed by atoms with Crippen LogP contribution in [0.25, 0.3) is 10.9 Å². The molecule has 0 unspecified atom stereocenters. The smallest absolute Gasteiger partial charge is 0.333 e.